The number of benzene rings is 1. The number of alkyl halides is 3. The molecule has 8 nitrogen and oxygen atoms in total. The Labute approximate surface area is 186 Å². The van der Waals surface area contributed by atoms with E-state index in [1.165, 1.54) is 18.2 Å². The van der Waals surface area contributed by atoms with Crippen molar-refractivity contribution in [3.63, 3.8) is 0 Å². The molecule has 174 valence electrons. The van der Waals surface area contributed by atoms with Gasteiger partial charge in [0.1, 0.15) is 17.2 Å². The standard InChI is InChI=1S/C20H18F4N6O2S/c1-33(31,32)14-8-12(21)7-13(9-14)26-19-29-17(28-18(30-19)25-10-11-5-6-11)15-3-2-4-16(27-15)20(22,23)24/h2-4,7-9,11H,5-6,10H2,1H3,(H2,25,26,28,29,30). The van der Waals surface area contributed by atoms with E-state index < -0.39 is 27.5 Å². The van der Waals surface area contributed by atoms with E-state index in [2.05, 4.69) is 30.6 Å². The average Bonchev–Trinajstić information content (AvgIpc) is 3.55. The van der Waals surface area contributed by atoms with Gasteiger partial charge in [-0.25, -0.2) is 17.8 Å². The van der Waals surface area contributed by atoms with Crippen LogP contribution in [0.15, 0.2) is 41.3 Å². The molecule has 2 heterocycles. The summed E-state index contributed by atoms with van der Waals surface area (Å²) in [6.45, 7) is 0.567. The molecule has 2 aromatic heterocycles. The van der Waals surface area contributed by atoms with Gasteiger partial charge in [0, 0.05) is 18.5 Å². The van der Waals surface area contributed by atoms with E-state index in [1.807, 2.05) is 0 Å². The first-order valence-electron chi connectivity index (χ1n) is 9.79. The first-order valence-corrected chi connectivity index (χ1v) is 11.7. The smallest absolute Gasteiger partial charge is 0.354 e. The fourth-order valence-corrected chi connectivity index (χ4v) is 3.55. The zero-order chi connectivity index (χ0) is 23.8. The van der Waals surface area contributed by atoms with Crippen LogP contribution in [-0.2, 0) is 16.0 Å². The van der Waals surface area contributed by atoms with Crippen molar-refractivity contribution in [3.8, 4) is 11.5 Å². The van der Waals surface area contributed by atoms with E-state index in [-0.39, 0.29) is 34.0 Å². The van der Waals surface area contributed by atoms with E-state index in [1.54, 1.807) is 0 Å². The Hall–Kier alpha value is -3.35. The van der Waals surface area contributed by atoms with E-state index in [4.69, 9.17) is 0 Å². The molecule has 0 spiro atoms. The second-order valence-electron chi connectivity index (χ2n) is 7.61. The topological polar surface area (TPSA) is 110 Å². The minimum absolute atomic E-state index is 0.0396. The Kier molecular flexibility index (Phi) is 5.91. The summed E-state index contributed by atoms with van der Waals surface area (Å²) in [5.74, 6) is -0.525. The maximum atomic E-state index is 14.0. The van der Waals surface area contributed by atoms with Crippen LogP contribution in [0.3, 0.4) is 0 Å². The second-order valence-corrected chi connectivity index (χ2v) is 9.62. The molecule has 3 aromatic rings. The van der Waals surface area contributed by atoms with Gasteiger partial charge < -0.3 is 10.6 Å². The molecule has 1 aliphatic carbocycles. The number of sulfone groups is 1. The Morgan fingerprint density at radius 3 is 2.42 bits per heavy atom. The third-order valence-electron chi connectivity index (χ3n) is 4.71. The lowest BCUT2D eigenvalue weighted by Gasteiger charge is -2.12. The maximum Gasteiger partial charge on any atom is 0.433 e. The summed E-state index contributed by atoms with van der Waals surface area (Å²) < 4.78 is 76.9. The van der Waals surface area contributed by atoms with E-state index in [9.17, 15) is 26.0 Å². The molecule has 0 saturated heterocycles. The Balaban J connectivity index is 1.72. The summed E-state index contributed by atoms with van der Waals surface area (Å²) in [6, 6.07) is 6.44. The highest BCUT2D eigenvalue weighted by molar-refractivity contribution is 7.90. The molecule has 0 aliphatic heterocycles. The van der Waals surface area contributed by atoms with Gasteiger partial charge in [-0.2, -0.15) is 28.1 Å². The molecule has 33 heavy (non-hydrogen) atoms. The average molecular weight is 482 g/mol. The zero-order valence-corrected chi connectivity index (χ0v) is 18.0. The lowest BCUT2D eigenvalue weighted by Crippen LogP contribution is -2.12. The van der Waals surface area contributed by atoms with Crippen LogP contribution in [0.2, 0.25) is 0 Å². The monoisotopic (exact) mass is 482 g/mol. The van der Waals surface area contributed by atoms with Crippen molar-refractivity contribution in [2.24, 2.45) is 5.92 Å². The molecule has 1 aliphatic rings. The number of nitrogens with zero attached hydrogens (tertiary/aromatic N) is 4. The van der Waals surface area contributed by atoms with Crippen LogP contribution in [-0.4, -0.2) is 41.2 Å². The predicted molar refractivity (Wildman–Crippen MR) is 112 cm³/mol. The van der Waals surface area contributed by atoms with Crippen molar-refractivity contribution >= 4 is 27.4 Å². The molecule has 0 bridgehead atoms. The lowest BCUT2D eigenvalue weighted by molar-refractivity contribution is -0.141. The summed E-state index contributed by atoms with van der Waals surface area (Å²) in [7, 11) is -3.69. The zero-order valence-electron chi connectivity index (χ0n) is 17.2. The molecule has 0 radical (unpaired) electrons. The SMILES string of the molecule is CS(=O)(=O)c1cc(F)cc(Nc2nc(NCC3CC3)nc(-c3cccc(C(F)(F)F)n3)n2)c1. The Morgan fingerprint density at radius 1 is 1.03 bits per heavy atom. The van der Waals surface area contributed by atoms with Gasteiger partial charge in [-0.3, -0.25) is 0 Å². The molecular formula is C20H18F4N6O2S. The number of pyridine rings is 1. The molecule has 0 amide bonds. The second kappa shape index (κ2) is 8.54. The number of hydrogen-bond donors (Lipinski definition) is 2. The first-order chi connectivity index (χ1) is 15.5. The van der Waals surface area contributed by atoms with Gasteiger partial charge in [0.25, 0.3) is 0 Å². The fraction of sp³-hybridized carbons (Fsp3) is 0.300. The quantitative estimate of drug-likeness (QED) is 0.485. The number of halogens is 4. The van der Waals surface area contributed by atoms with E-state index >= 15 is 0 Å². The van der Waals surface area contributed by atoms with Gasteiger partial charge in [-0.05, 0) is 49.1 Å². The van der Waals surface area contributed by atoms with Crippen LogP contribution < -0.4 is 10.6 Å². The molecule has 1 fully saturated rings. The van der Waals surface area contributed by atoms with Gasteiger partial charge in [0.2, 0.25) is 11.9 Å². The minimum Gasteiger partial charge on any atom is -0.354 e. The van der Waals surface area contributed by atoms with Crippen molar-refractivity contribution in [1.82, 2.24) is 19.9 Å². The highest BCUT2D eigenvalue weighted by Gasteiger charge is 2.32. The first kappa shape index (κ1) is 22.8. The Morgan fingerprint density at radius 2 is 1.76 bits per heavy atom. The van der Waals surface area contributed by atoms with Crippen LogP contribution in [0.4, 0.5) is 35.1 Å². The van der Waals surface area contributed by atoms with Gasteiger partial charge in [0.05, 0.1) is 4.90 Å². The molecule has 13 heteroatoms. The highest BCUT2D eigenvalue weighted by Crippen LogP contribution is 2.30. The van der Waals surface area contributed by atoms with Crippen LogP contribution in [0.1, 0.15) is 18.5 Å². The summed E-state index contributed by atoms with van der Waals surface area (Å²) >= 11 is 0. The van der Waals surface area contributed by atoms with E-state index in [0.717, 1.165) is 37.3 Å². The molecule has 1 aromatic carbocycles. The third kappa shape index (κ3) is 5.92. The number of aromatic nitrogens is 4. The van der Waals surface area contributed by atoms with Crippen molar-refractivity contribution in [3.05, 3.63) is 47.9 Å². The number of anilines is 3. The van der Waals surface area contributed by atoms with Gasteiger partial charge in [-0.15, -0.1) is 0 Å². The molecule has 1 saturated carbocycles. The maximum absolute atomic E-state index is 14.0. The highest BCUT2D eigenvalue weighted by atomic mass is 32.2. The lowest BCUT2D eigenvalue weighted by atomic mass is 10.3. The molecule has 0 unspecified atom stereocenters. The summed E-state index contributed by atoms with van der Waals surface area (Å²) in [5, 5.41) is 5.71. The van der Waals surface area contributed by atoms with Crippen molar-refractivity contribution < 1.29 is 26.0 Å². The number of hydrogen-bond acceptors (Lipinski definition) is 8. The van der Waals surface area contributed by atoms with Crippen LogP contribution in [0.25, 0.3) is 11.5 Å². The third-order valence-corrected chi connectivity index (χ3v) is 5.80. The van der Waals surface area contributed by atoms with Crippen molar-refractivity contribution in [2.75, 3.05) is 23.4 Å². The molecule has 4 rings (SSSR count). The minimum atomic E-state index is -4.65. The van der Waals surface area contributed by atoms with Crippen LogP contribution in [0, 0.1) is 11.7 Å². The molecule has 2 N–H and O–H groups in total. The van der Waals surface area contributed by atoms with Gasteiger partial charge >= 0.3 is 6.18 Å². The van der Waals surface area contributed by atoms with Crippen molar-refractivity contribution in [1.29, 1.82) is 0 Å². The Bertz CT molecular complexity index is 1300. The summed E-state index contributed by atoms with van der Waals surface area (Å²) in [6.07, 6.45) is -1.63. The number of rotatable bonds is 7. The predicted octanol–water partition coefficient (Wildman–Crippen LogP) is 4.06. The normalized spacial score (nSPS) is 14.2. The largest absolute Gasteiger partial charge is 0.433 e. The van der Waals surface area contributed by atoms with Crippen molar-refractivity contribution in [2.45, 2.75) is 23.9 Å². The molecule has 0 atom stereocenters. The van der Waals surface area contributed by atoms with Crippen LogP contribution >= 0.6 is 0 Å². The van der Waals surface area contributed by atoms with Gasteiger partial charge in [-0.1, -0.05) is 6.07 Å². The van der Waals surface area contributed by atoms with E-state index in [0.29, 0.717) is 12.5 Å². The summed E-state index contributed by atoms with van der Waals surface area (Å²) in [5.41, 5.74) is -1.20. The fourth-order valence-electron chi connectivity index (χ4n) is 2.88. The van der Waals surface area contributed by atoms with Gasteiger partial charge in [0.15, 0.2) is 15.7 Å². The summed E-state index contributed by atoms with van der Waals surface area (Å²) in [4.78, 5) is 15.8. The van der Waals surface area contributed by atoms with Crippen LogP contribution in [0.5, 0.6) is 0 Å². The number of nitrogens with one attached hydrogen (secondary N) is 2. The molecular weight excluding hydrogens is 464 g/mol.